The van der Waals surface area contributed by atoms with E-state index in [-0.39, 0.29) is 51.0 Å². The fourth-order valence-corrected chi connectivity index (χ4v) is 1.31. The molecule has 0 aliphatic heterocycles. The molecule has 0 fully saturated rings. The predicted octanol–water partition coefficient (Wildman–Crippen LogP) is -2.29. The standard InChI is InChI=1S/C10H9.C2H5.2ClH.Zr/c1-8-6-9-4-2-3-5-10(9)7-8;1-2;;;/h2-7H,1H3;1H2,2H3;2*1H;/q2*-1;;;+4/p-2. The molecule has 0 N–H and O–H groups in total. The minimum atomic E-state index is 0. The van der Waals surface area contributed by atoms with Gasteiger partial charge in [0, 0.05) is 0 Å². The van der Waals surface area contributed by atoms with Gasteiger partial charge in [0.05, 0.1) is 0 Å². The first-order valence-electron chi connectivity index (χ1n) is 4.19. The molecule has 0 atom stereocenters. The van der Waals surface area contributed by atoms with Crippen molar-refractivity contribution >= 4 is 10.8 Å². The van der Waals surface area contributed by atoms with Crippen LogP contribution in [-0.4, -0.2) is 0 Å². The van der Waals surface area contributed by atoms with Crippen molar-refractivity contribution in [2.75, 3.05) is 0 Å². The van der Waals surface area contributed by atoms with Crippen LogP contribution >= 0.6 is 0 Å². The Hall–Kier alpha value is 0.293. The van der Waals surface area contributed by atoms with Gasteiger partial charge in [0.25, 0.3) is 0 Å². The Labute approximate surface area is 124 Å². The van der Waals surface area contributed by atoms with Gasteiger partial charge >= 0.3 is 26.2 Å². The van der Waals surface area contributed by atoms with E-state index >= 15 is 0 Å². The predicted molar refractivity (Wildman–Crippen MR) is 55.3 cm³/mol. The quantitative estimate of drug-likeness (QED) is 0.480. The van der Waals surface area contributed by atoms with Gasteiger partial charge in [0.15, 0.2) is 0 Å². The molecule has 0 amide bonds. The summed E-state index contributed by atoms with van der Waals surface area (Å²) < 4.78 is 0. The summed E-state index contributed by atoms with van der Waals surface area (Å²) in [6, 6.07) is 12.8. The average Bonchev–Trinajstić information content (AvgIpc) is 2.48. The fourth-order valence-electron chi connectivity index (χ4n) is 1.31. The molecular weight excluding hydrogens is 306 g/mol. The fraction of sp³-hybridized carbons (Fsp3) is 0.167. The second kappa shape index (κ2) is 10.8. The van der Waals surface area contributed by atoms with Crippen molar-refractivity contribution in [1.82, 2.24) is 0 Å². The smallest absolute Gasteiger partial charge is 1.00 e. The van der Waals surface area contributed by atoms with Gasteiger partial charge in [-0.25, -0.2) is 0 Å². The van der Waals surface area contributed by atoms with Crippen molar-refractivity contribution in [3.63, 3.8) is 0 Å². The molecule has 2 aromatic carbocycles. The maximum atomic E-state index is 3.25. The van der Waals surface area contributed by atoms with E-state index in [4.69, 9.17) is 0 Å². The molecule has 0 spiro atoms. The summed E-state index contributed by atoms with van der Waals surface area (Å²) in [5.41, 5.74) is 1.35. The van der Waals surface area contributed by atoms with Crippen LogP contribution in [0.5, 0.6) is 0 Å². The van der Waals surface area contributed by atoms with Crippen LogP contribution < -0.4 is 24.8 Å². The molecule has 0 saturated heterocycles. The van der Waals surface area contributed by atoms with E-state index in [2.05, 4.69) is 50.2 Å². The van der Waals surface area contributed by atoms with Gasteiger partial charge in [-0.05, 0) is 0 Å². The van der Waals surface area contributed by atoms with E-state index in [1.165, 1.54) is 16.3 Å². The molecule has 80 valence electrons. The SMILES string of the molecule is Cc1cc2ccccc2[cH-]1.[CH2-]C.[Cl-].[Cl-].[Zr+4]. The average molecular weight is 320 g/mol. The molecule has 15 heavy (non-hydrogen) atoms. The normalized spacial score (nSPS) is 7.40. The van der Waals surface area contributed by atoms with Crippen LogP contribution in [0.15, 0.2) is 36.4 Å². The molecule has 2 aromatic rings. The van der Waals surface area contributed by atoms with Crippen LogP contribution in [0.3, 0.4) is 0 Å². The first kappa shape index (κ1) is 20.7. The largest absolute Gasteiger partial charge is 4.00 e. The van der Waals surface area contributed by atoms with Crippen molar-refractivity contribution in [1.29, 1.82) is 0 Å². The van der Waals surface area contributed by atoms with Crippen LogP contribution in [0.2, 0.25) is 0 Å². The Bertz CT molecular complexity index is 322. The molecular formula is C12H14Cl2Zr. The summed E-state index contributed by atoms with van der Waals surface area (Å²) in [6.45, 7) is 7.12. The molecule has 0 saturated carbocycles. The van der Waals surface area contributed by atoms with E-state index in [1.807, 2.05) is 0 Å². The Kier molecular flexibility index (Phi) is 14.9. The third-order valence-corrected chi connectivity index (χ3v) is 1.76. The van der Waals surface area contributed by atoms with Crippen LogP contribution in [0.25, 0.3) is 10.8 Å². The van der Waals surface area contributed by atoms with Crippen LogP contribution in [0.4, 0.5) is 0 Å². The molecule has 3 heteroatoms. The number of hydrogen-bond acceptors (Lipinski definition) is 0. The van der Waals surface area contributed by atoms with Crippen LogP contribution in [-0.2, 0) is 26.2 Å². The van der Waals surface area contributed by atoms with Crippen molar-refractivity contribution in [3.05, 3.63) is 48.9 Å². The number of fused-ring (bicyclic) bond motifs is 1. The molecule has 0 nitrogen and oxygen atoms in total. The van der Waals surface area contributed by atoms with Crippen molar-refractivity contribution in [2.45, 2.75) is 13.8 Å². The molecule has 0 heterocycles. The minimum Gasteiger partial charge on any atom is -1.00 e. The van der Waals surface area contributed by atoms with Gasteiger partial charge in [-0.3, -0.25) is 0 Å². The second-order valence-electron chi connectivity index (χ2n) is 2.66. The number of hydrogen-bond donors (Lipinski definition) is 0. The second-order valence-corrected chi connectivity index (χ2v) is 2.66. The molecule has 2 rings (SSSR count). The monoisotopic (exact) mass is 318 g/mol. The van der Waals surface area contributed by atoms with Gasteiger partial charge in [0.1, 0.15) is 0 Å². The van der Waals surface area contributed by atoms with Crippen molar-refractivity contribution in [3.8, 4) is 0 Å². The summed E-state index contributed by atoms with van der Waals surface area (Å²) in [4.78, 5) is 0. The summed E-state index contributed by atoms with van der Waals surface area (Å²) in [5, 5.41) is 2.69. The molecule has 0 unspecified atom stereocenters. The Morgan fingerprint density at radius 1 is 1.07 bits per heavy atom. The number of rotatable bonds is 0. The molecule has 0 aromatic heterocycles. The molecule has 0 bridgehead atoms. The zero-order chi connectivity index (χ0) is 8.97. The third-order valence-electron chi connectivity index (χ3n) is 1.76. The zero-order valence-electron chi connectivity index (χ0n) is 8.93. The maximum Gasteiger partial charge on any atom is 4.00 e. The van der Waals surface area contributed by atoms with Gasteiger partial charge in [-0.1, -0.05) is 13.0 Å². The Morgan fingerprint density at radius 3 is 2.13 bits per heavy atom. The summed E-state index contributed by atoms with van der Waals surface area (Å²) in [5.74, 6) is 0. The van der Waals surface area contributed by atoms with E-state index in [9.17, 15) is 0 Å². The van der Waals surface area contributed by atoms with Crippen LogP contribution in [0, 0.1) is 13.8 Å². The van der Waals surface area contributed by atoms with Gasteiger partial charge < -0.3 is 31.7 Å². The Balaban J connectivity index is -0.000000273. The molecule has 0 aliphatic carbocycles. The van der Waals surface area contributed by atoms with E-state index in [0.29, 0.717) is 0 Å². The van der Waals surface area contributed by atoms with Gasteiger partial charge in [-0.2, -0.15) is 13.0 Å². The Morgan fingerprint density at radius 2 is 1.60 bits per heavy atom. The van der Waals surface area contributed by atoms with Crippen LogP contribution in [0.1, 0.15) is 12.5 Å². The van der Waals surface area contributed by atoms with Gasteiger partial charge in [0.2, 0.25) is 0 Å². The zero-order valence-corrected chi connectivity index (χ0v) is 12.9. The number of benzene rings is 1. The van der Waals surface area contributed by atoms with Crippen molar-refractivity contribution < 1.29 is 51.0 Å². The summed E-state index contributed by atoms with van der Waals surface area (Å²) >= 11 is 0. The third kappa shape index (κ3) is 5.80. The topological polar surface area (TPSA) is 0 Å². The van der Waals surface area contributed by atoms with Gasteiger partial charge in [-0.15, -0.1) is 40.6 Å². The number of aryl methyl sites for hydroxylation is 1. The first-order chi connectivity index (χ1) is 5.86. The minimum absolute atomic E-state index is 0. The van der Waals surface area contributed by atoms with E-state index in [1.54, 1.807) is 6.92 Å². The maximum absolute atomic E-state index is 3.25. The summed E-state index contributed by atoms with van der Waals surface area (Å²) in [6.07, 6.45) is 0. The van der Waals surface area contributed by atoms with Crippen molar-refractivity contribution in [2.24, 2.45) is 0 Å². The molecule has 0 aliphatic rings. The first-order valence-corrected chi connectivity index (χ1v) is 4.19. The number of halogens is 2. The summed E-state index contributed by atoms with van der Waals surface area (Å²) in [7, 11) is 0. The van der Waals surface area contributed by atoms with E-state index < -0.39 is 0 Å². The molecule has 0 radical (unpaired) electrons. The van der Waals surface area contributed by atoms with E-state index in [0.717, 1.165) is 0 Å².